The normalized spacial score (nSPS) is 15.0. The van der Waals surface area contributed by atoms with Crippen LogP contribution in [0.25, 0.3) is 6.08 Å². The molecular weight excluding hydrogens is 342 g/mol. The summed E-state index contributed by atoms with van der Waals surface area (Å²) in [5.74, 6) is 0.288. The number of carbonyl (C=O) groups excluding carboxylic acids is 1. The standard InChI is InChI=1S/C17H13N3O4S/c21-16-14(18-17(25)19-16)9-12-3-1-2-4-15(12)24-10-11-5-7-13(8-6-11)20(22)23/h1-9H,10H2,(H2,18,19,21,25)/b14-9+. The molecule has 2 N–H and O–H groups in total. The number of hydrogen-bond donors (Lipinski definition) is 2. The van der Waals surface area contributed by atoms with Gasteiger partial charge in [0.2, 0.25) is 0 Å². The highest BCUT2D eigenvalue weighted by molar-refractivity contribution is 7.80. The molecule has 3 rings (SSSR count). The highest BCUT2D eigenvalue weighted by atomic mass is 32.1. The largest absolute Gasteiger partial charge is 0.488 e. The molecule has 0 saturated carbocycles. The molecule has 1 heterocycles. The number of amides is 1. The van der Waals surface area contributed by atoms with Crippen LogP contribution in [0, 0.1) is 10.1 Å². The third kappa shape index (κ3) is 3.99. The summed E-state index contributed by atoms with van der Waals surface area (Å²) in [6.07, 6.45) is 1.65. The molecule has 0 unspecified atom stereocenters. The van der Waals surface area contributed by atoms with Gasteiger partial charge in [-0.1, -0.05) is 18.2 Å². The molecule has 1 amide bonds. The molecule has 2 aromatic rings. The molecule has 0 radical (unpaired) electrons. The molecule has 7 nitrogen and oxygen atoms in total. The van der Waals surface area contributed by atoms with E-state index in [4.69, 9.17) is 17.0 Å². The van der Waals surface area contributed by atoms with Crippen LogP contribution in [0.1, 0.15) is 11.1 Å². The Balaban J connectivity index is 1.75. The van der Waals surface area contributed by atoms with Crippen LogP contribution in [0.15, 0.2) is 54.2 Å². The lowest BCUT2D eigenvalue weighted by atomic mass is 10.1. The van der Waals surface area contributed by atoms with Crippen molar-refractivity contribution in [2.45, 2.75) is 6.61 Å². The van der Waals surface area contributed by atoms with Crippen molar-refractivity contribution < 1.29 is 14.5 Å². The summed E-state index contributed by atoms with van der Waals surface area (Å²) < 4.78 is 5.79. The lowest BCUT2D eigenvalue weighted by Gasteiger charge is -2.09. The third-order valence-corrected chi connectivity index (χ3v) is 3.68. The maximum Gasteiger partial charge on any atom is 0.273 e. The van der Waals surface area contributed by atoms with Crippen LogP contribution in [-0.4, -0.2) is 15.9 Å². The summed E-state index contributed by atoms with van der Waals surface area (Å²) in [6.45, 7) is 0.246. The Morgan fingerprint density at radius 2 is 1.84 bits per heavy atom. The maximum atomic E-state index is 11.7. The van der Waals surface area contributed by atoms with E-state index in [2.05, 4.69) is 10.6 Å². The molecule has 2 aromatic carbocycles. The average molecular weight is 355 g/mol. The predicted octanol–water partition coefficient (Wildman–Crippen LogP) is 2.52. The number of nitrogens with one attached hydrogen (secondary N) is 2. The maximum absolute atomic E-state index is 11.7. The molecular formula is C17H13N3O4S. The van der Waals surface area contributed by atoms with Gasteiger partial charge >= 0.3 is 0 Å². The first-order valence-electron chi connectivity index (χ1n) is 7.32. The van der Waals surface area contributed by atoms with Crippen LogP contribution >= 0.6 is 12.2 Å². The number of thiocarbonyl (C=S) groups is 1. The summed E-state index contributed by atoms with van der Waals surface area (Å²) >= 11 is 4.90. The number of ether oxygens (including phenoxy) is 1. The summed E-state index contributed by atoms with van der Waals surface area (Å²) in [4.78, 5) is 22.0. The van der Waals surface area contributed by atoms with Crippen LogP contribution in [0.2, 0.25) is 0 Å². The molecule has 1 aliphatic rings. The quantitative estimate of drug-likeness (QED) is 0.370. The van der Waals surface area contributed by atoms with Gasteiger partial charge < -0.3 is 10.1 Å². The second-order valence-corrected chi connectivity index (χ2v) is 5.62. The lowest BCUT2D eigenvalue weighted by Crippen LogP contribution is -2.21. The summed E-state index contributed by atoms with van der Waals surface area (Å²) in [6, 6.07) is 13.4. The van der Waals surface area contributed by atoms with Gasteiger partial charge in [0.05, 0.1) is 4.92 Å². The zero-order valence-corrected chi connectivity index (χ0v) is 13.7. The van der Waals surface area contributed by atoms with Gasteiger partial charge in [-0.05, 0) is 42.1 Å². The van der Waals surface area contributed by atoms with Gasteiger partial charge in [0, 0.05) is 17.7 Å². The van der Waals surface area contributed by atoms with Crippen LogP contribution in [0.4, 0.5) is 5.69 Å². The summed E-state index contributed by atoms with van der Waals surface area (Å²) in [5.41, 5.74) is 1.89. The molecule has 8 heteroatoms. The Kier molecular flexibility index (Phi) is 4.71. The number of nitro groups is 1. The zero-order chi connectivity index (χ0) is 17.8. The van der Waals surface area contributed by atoms with E-state index in [0.717, 1.165) is 5.56 Å². The van der Waals surface area contributed by atoms with E-state index in [9.17, 15) is 14.9 Å². The first-order valence-corrected chi connectivity index (χ1v) is 7.73. The Morgan fingerprint density at radius 3 is 2.48 bits per heavy atom. The highest BCUT2D eigenvalue weighted by Gasteiger charge is 2.20. The molecule has 0 aromatic heterocycles. The van der Waals surface area contributed by atoms with E-state index in [0.29, 0.717) is 17.0 Å². The van der Waals surface area contributed by atoms with Gasteiger partial charge in [0.25, 0.3) is 11.6 Å². The smallest absolute Gasteiger partial charge is 0.273 e. The third-order valence-electron chi connectivity index (χ3n) is 3.48. The molecule has 0 aliphatic carbocycles. The number of nitro benzene ring substituents is 1. The van der Waals surface area contributed by atoms with Crippen molar-refractivity contribution in [1.29, 1.82) is 0 Å². The lowest BCUT2D eigenvalue weighted by molar-refractivity contribution is -0.384. The van der Waals surface area contributed by atoms with Crippen LogP contribution in [-0.2, 0) is 11.4 Å². The zero-order valence-electron chi connectivity index (χ0n) is 12.9. The first-order chi connectivity index (χ1) is 12.0. The number of non-ortho nitro benzene ring substituents is 1. The van der Waals surface area contributed by atoms with Crippen molar-refractivity contribution in [3.05, 3.63) is 75.5 Å². The molecule has 0 atom stereocenters. The fourth-order valence-electron chi connectivity index (χ4n) is 2.24. The minimum absolute atomic E-state index is 0.0307. The molecule has 1 saturated heterocycles. The number of rotatable bonds is 5. The topological polar surface area (TPSA) is 93.5 Å². The summed E-state index contributed by atoms with van der Waals surface area (Å²) in [5, 5.41) is 16.2. The number of nitrogens with zero attached hydrogens (tertiary/aromatic N) is 1. The second kappa shape index (κ2) is 7.10. The van der Waals surface area contributed by atoms with Crippen molar-refractivity contribution >= 4 is 35.0 Å². The number of para-hydroxylation sites is 1. The van der Waals surface area contributed by atoms with Gasteiger partial charge in [-0.3, -0.25) is 20.2 Å². The van der Waals surface area contributed by atoms with Gasteiger partial charge in [0.15, 0.2) is 5.11 Å². The van der Waals surface area contributed by atoms with Gasteiger partial charge in [-0.2, -0.15) is 0 Å². The van der Waals surface area contributed by atoms with Crippen LogP contribution in [0.5, 0.6) is 5.75 Å². The molecule has 1 fully saturated rings. The Morgan fingerprint density at radius 1 is 1.12 bits per heavy atom. The average Bonchev–Trinajstić information content (AvgIpc) is 2.91. The minimum atomic E-state index is -0.448. The Bertz CT molecular complexity index is 878. The van der Waals surface area contributed by atoms with Crippen molar-refractivity contribution in [3.63, 3.8) is 0 Å². The van der Waals surface area contributed by atoms with Gasteiger partial charge in [0.1, 0.15) is 18.1 Å². The van der Waals surface area contributed by atoms with Crippen LogP contribution < -0.4 is 15.4 Å². The minimum Gasteiger partial charge on any atom is -0.488 e. The molecule has 0 bridgehead atoms. The number of benzene rings is 2. The van der Waals surface area contributed by atoms with Gasteiger partial charge in [-0.15, -0.1) is 0 Å². The first kappa shape index (κ1) is 16.6. The van der Waals surface area contributed by atoms with Crippen molar-refractivity contribution in [2.24, 2.45) is 0 Å². The van der Waals surface area contributed by atoms with E-state index in [1.54, 1.807) is 24.3 Å². The number of carbonyl (C=O) groups is 1. The second-order valence-electron chi connectivity index (χ2n) is 5.22. The Hall–Kier alpha value is -3.26. The van der Waals surface area contributed by atoms with E-state index < -0.39 is 4.92 Å². The van der Waals surface area contributed by atoms with E-state index in [1.807, 2.05) is 18.2 Å². The van der Waals surface area contributed by atoms with Crippen LogP contribution in [0.3, 0.4) is 0 Å². The van der Waals surface area contributed by atoms with E-state index in [-0.39, 0.29) is 23.3 Å². The molecule has 126 valence electrons. The molecule has 25 heavy (non-hydrogen) atoms. The fraction of sp³-hybridized carbons (Fsp3) is 0.0588. The SMILES string of the molecule is O=C1NC(=S)N/C1=C/c1ccccc1OCc1ccc([N+](=O)[O-])cc1. The van der Waals surface area contributed by atoms with Crippen molar-refractivity contribution in [3.8, 4) is 5.75 Å². The monoisotopic (exact) mass is 355 g/mol. The van der Waals surface area contributed by atoms with Gasteiger partial charge in [-0.25, -0.2) is 0 Å². The van der Waals surface area contributed by atoms with Crippen molar-refractivity contribution in [2.75, 3.05) is 0 Å². The Labute approximate surface area is 148 Å². The molecule has 0 spiro atoms. The number of hydrogen-bond acceptors (Lipinski definition) is 5. The highest BCUT2D eigenvalue weighted by Crippen LogP contribution is 2.23. The van der Waals surface area contributed by atoms with E-state index in [1.165, 1.54) is 12.1 Å². The van der Waals surface area contributed by atoms with Crippen molar-refractivity contribution in [1.82, 2.24) is 10.6 Å². The molecule has 1 aliphatic heterocycles. The summed E-state index contributed by atoms with van der Waals surface area (Å²) in [7, 11) is 0. The van der Waals surface area contributed by atoms with E-state index >= 15 is 0 Å². The fourth-order valence-corrected chi connectivity index (χ4v) is 2.45. The predicted molar refractivity (Wildman–Crippen MR) is 95.7 cm³/mol.